The number of unbranched alkanes of at least 4 members (excludes halogenated alkanes) is 2. The highest BCUT2D eigenvalue weighted by Gasteiger charge is 2.10. The predicted octanol–water partition coefficient (Wildman–Crippen LogP) is 3.99. The summed E-state index contributed by atoms with van der Waals surface area (Å²) in [6.45, 7) is 8.67. The first-order valence-electron chi connectivity index (χ1n) is 8.30. The zero-order valence-electron chi connectivity index (χ0n) is 13.9. The van der Waals surface area contributed by atoms with Crippen molar-refractivity contribution in [3.05, 3.63) is 0 Å². The van der Waals surface area contributed by atoms with E-state index >= 15 is 0 Å². The highest BCUT2D eigenvalue weighted by atomic mass is 32.2. The largest absolute Gasteiger partial charge is 0.390 e. The maximum absolute atomic E-state index is 9.90. The first kappa shape index (κ1) is 21.2. The summed E-state index contributed by atoms with van der Waals surface area (Å²) < 4.78 is 6.42. The van der Waals surface area contributed by atoms with Crippen LogP contribution in [0.4, 0.5) is 0 Å². The monoisotopic (exact) mass is 335 g/mol. The van der Waals surface area contributed by atoms with E-state index < -0.39 is 6.10 Å². The molecule has 0 aromatic heterocycles. The Morgan fingerprint density at radius 3 is 2.52 bits per heavy atom. The first-order chi connectivity index (χ1) is 10.1. The Kier molecular flexibility index (Phi) is 15.2. The van der Waals surface area contributed by atoms with Crippen molar-refractivity contribution in [3.8, 4) is 0 Å². The van der Waals surface area contributed by atoms with Crippen molar-refractivity contribution in [1.82, 2.24) is 5.32 Å². The molecule has 21 heavy (non-hydrogen) atoms. The molecule has 0 aliphatic heterocycles. The lowest BCUT2D eigenvalue weighted by molar-refractivity contribution is 0.0288. The van der Waals surface area contributed by atoms with Crippen molar-refractivity contribution in [2.24, 2.45) is 5.92 Å². The molecule has 0 aliphatic rings. The smallest absolute Gasteiger partial charge is 0.133 e. The predicted molar refractivity (Wildman–Crippen MR) is 98.1 cm³/mol. The van der Waals surface area contributed by atoms with Gasteiger partial charge < -0.3 is 15.2 Å². The van der Waals surface area contributed by atoms with Crippen LogP contribution in [-0.2, 0) is 4.74 Å². The lowest BCUT2D eigenvalue weighted by atomic mass is 10.0. The van der Waals surface area contributed by atoms with E-state index in [1.54, 1.807) is 0 Å². The molecule has 5 heteroatoms. The molecule has 2 N–H and O–H groups in total. The zero-order chi connectivity index (χ0) is 15.9. The van der Waals surface area contributed by atoms with Crippen LogP contribution in [0.1, 0.15) is 59.3 Å². The fourth-order valence-electron chi connectivity index (χ4n) is 1.91. The summed E-state index contributed by atoms with van der Waals surface area (Å²) in [7, 11) is 0. The molecule has 3 nitrogen and oxygen atoms in total. The molecular formula is C16H33NO2S2. The number of nitrogens with one attached hydrogen (secondary N) is 1. The minimum atomic E-state index is -0.440. The molecule has 0 heterocycles. The Bertz CT molecular complexity index is 252. The van der Waals surface area contributed by atoms with Crippen molar-refractivity contribution in [1.29, 1.82) is 0 Å². The van der Waals surface area contributed by atoms with E-state index in [0.717, 1.165) is 36.7 Å². The van der Waals surface area contributed by atoms with Gasteiger partial charge in [0, 0.05) is 18.9 Å². The number of rotatable bonds is 13. The molecular weight excluding hydrogens is 302 g/mol. The quantitative estimate of drug-likeness (QED) is 0.393. The van der Waals surface area contributed by atoms with Gasteiger partial charge in [-0.25, -0.2) is 0 Å². The molecule has 0 aromatic rings. The van der Waals surface area contributed by atoms with Crippen molar-refractivity contribution in [2.75, 3.05) is 25.5 Å². The summed E-state index contributed by atoms with van der Waals surface area (Å²) in [6.07, 6.45) is 6.72. The van der Waals surface area contributed by atoms with E-state index in [1.165, 1.54) is 31.0 Å². The van der Waals surface area contributed by atoms with Crippen molar-refractivity contribution in [2.45, 2.75) is 65.4 Å². The molecule has 0 aromatic carbocycles. The summed E-state index contributed by atoms with van der Waals surface area (Å²) in [4.78, 5) is 0. The molecule has 0 radical (unpaired) electrons. The molecule has 0 saturated heterocycles. The first-order valence-corrected chi connectivity index (χ1v) is 9.69. The number of hydrogen-bond donors (Lipinski definition) is 2. The average Bonchev–Trinajstić information content (AvgIpc) is 2.49. The molecule has 2 unspecified atom stereocenters. The summed E-state index contributed by atoms with van der Waals surface area (Å²) >= 11 is 6.71. The molecule has 0 rings (SSSR count). The highest BCUT2D eigenvalue weighted by molar-refractivity contribution is 8.23. The third kappa shape index (κ3) is 13.5. The number of ether oxygens (including phenoxy) is 1. The Morgan fingerprint density at radius 2 is 1.90 bits per heavy atom. The Hall–Kier alpha value is 0.160. The fourth-order valence-corrected chi connectivity index (χ4v) is 2.86. The van der Waals surface area contributed by atoms with Crippen LogP contribution in [0.25, 0.3) is 0 Å². The van der Waals surface area contributed by atoms with Gasteiger partial charge in [-0.15, -0.1) is 0 Å². The van der Waals surface area contributed by atoms with Crippen LogP contribution >= 0.6 is 24.0 Å². The molecule has 0 spiro atoms. The highest BCUT2D eigenvalue weighted by Crippen LogP contribution is 2.13. The third-order valence-electron chi connectivity index (χ3n) is 3.41. The van der Waals surface area contributed by atoms with E-state index in [9.17, 15) is 5.11 Å². The molecule has 2 atom stereocenters. The number of thioether (sulfide) groups is 1. The van der Waals surface area contributed by atoms with Gasteiger partial charge in [-0.2, -0.15) is 0 Å². The van der Waals surface area contributed by atoms with Gasteiger partial charge >= 0.3 is 0 Å². The Labute approximate surface area is 140 Å². The minimum Gasteiger partial charge on any atom is -0.390 e. The molecule has 0 aliphatic carbocycles. The second-order valence-electron chi connectivity index (χ2n) is 5.49. The molecule has 0 amide bonds. The fraction of sp³-hybridized carbons (Fsp3) is 0.938. The summed E-state index contributed by atoms with van der Waals surface area (Å²) in [5.74, 6) is 1.23. The van der Waals surface area contributed by atoms with Crippen molar-refractivity contribution in [3.63, 3.8) is 0 Å². The normalized spacial score (nSPS) is 13.9. The molecule has 126 valence electrons. The van der Waals surface area contributed by atoms with E-state index in [1.807, 2.05) is 0 Å². The standard InChI is InChI=1S/C16H33NO2S2/c1-4-7-9-14(6-3)11-19-12-15(18)13-21-16(20)17-10-8-5-2/h14-15,18H,4-13H2,1-3H3,(H,17,20). The van der Waals surface area contributed by atoms with Gasteiger partial charge in [-0.05, 0) is 18.8 Å². The number of aliphatic hydroxyl groups is 1. The third-order valence-corrected chi connectivity index (χ3v) is 4.87. The maximum atomic E-state index is 9.90. The molecule has 0 saturated carbocycles. The van der Waals surface area contributed by atoms with Crippen LogP contribution < -0.4 is 5.32 Å². The maximum Gasteiger partial charge on any atom is 0.133 e. The Balaban J connectivity index is 3.60. The van der Waals surface area contributed by atoms with Crippen LogP contribution in [0.3, 0.4) is 0 Å². The topological polar surface area (TPSA) is 41.5 Å². The summed E-state index contributed by atoms with van der Waals surface area (Å²) in [5.41, 5.74) is 0. The summed E-state index contributed by atoms with van der Waals surface area (Å²) in [5, 5.41) is 13.1. The van der Waals surface area contributed by atoms with Crippen LogP contribution in [0.2, 0.25) is 0 Å². The van der Waals surface area contributed by atoms with E-state index in [4.69, 9.17) is 17.0 Å². The van der Waals surface area contributed by atoms with Crippen LogP contribution in [0.5, 0.6) is 0 Å². The van der Waals surface area contributed by atoms with Crippen LogP contribution in [0.15, 0.2) is 0 Å². The van der Waals surface area contributed by atoms with Gasteiger partial charge in [0.05, 0.1) is 12.7 Å². The SMILES string of the molecule is CCCCNC(=S)SCC(O)COCC(CC)CCCC. The van der Waals surface area contributed by atoms with Crippen molar-refractivity contribution < 1.29 is 9.84 Å². The number of hydrogen-bond acceptors (Lipinski definition) is 4. The number of thiocarbonyl (C=S) groups is 1. The van der Waals surface area contributed by atoms with Gasteiger partial charge in [0.1, 0.15) is 4.32 Å². The lowest BCUT2D eigenvalue weighted by Crippen LogP contribution is -2.25. The minimum absolute atomic E-state index is 0.410. The van der Waals surface area contributed by atoms with E-state index in [0.29, 0.717) is 18.3 Å². The van der Waals surface area contributed by atoms with E-state index in [-0.39, 0.29) is 0 Å². The average molecular weight is 336 g/mol. The van der Waals surface area contributed by atoms with E-state index in [2.05, 4.69) is 26.1 Å². The second-order valence-corrected chi connectivity index (χ2v) is 7.18. The molecule has 0 bridgehead atoms. The second kappa shape index (κ2) is 15.1. The van der Waals surface area contributed by atoms with Gasteiger partial charge in [0.15, 0.2) is 0 Å². The van der Waals surface area contributed by atoms with Crippen molar-refractivity contribution >= 4 is 28.3 Å². The van der Waals surface area contributed by atoms with Gasteiger partial charge in [0.2, 0.25) is 0 Å². The Morgan fingerprint density at radius 1 is 1.19 bits per heavy atom. The van der Waals surface area contributed by atoms with Crippen LogP contribution in [-0.4, -0.2) is 41.0 Å². The lowest BCUT2D eigenvalue weighted by Gasteiger charge is -2.17. The van der Waals surface area contributed by atoms with Crippen LogP contribution in [0, 0.1) is 5.92 Å². The zero-order valence-corrected chi connectivity index (χ0v) is 15.5. The van der Waals surface area contributed by atoms with Gasteiger partial charge in [0.25, 0.3) is 0 Å². The van der Waals surface area contributed by atoms with Gasteiger partial charge in [-0.1, -0.05) is 70.4 Å². The number of aliphatic hydroxyl groups excluding tert-OH is 1. The molecule has 0 fully saturated rings. The van der Waals surface area contributed by atoms with Gasteiger partial charge in [-0.3, -0.25) is 0 Å². The summed E-state index contributed by atoms with van der Waals surface area (Å²) in [6, 6.07) is 0.